The van der Waals surface area contributed by atoms with Crippen LogP contribution in [0.15, 0.2) is 18.2 Å². The van der Waals surface area contributed by atoms with Crippen molar-refractivity contribution in [1.82, 2.24) is 0 Å². The lowest BCUT2D eigenvalue weighted by Gasteiger charge is -2.13. The predicted octanol–water partition coefficient (Wildman–Crippen LogP) is 3.23. The average molecular weight is 266 g/mol. The molecule has 0 saturated carbocycles. The second kappa shape index (κ2) is 5.06. The number of hydrogen-bond donors (Lipinski definition) is 1. The normalized spacial score (nSPS) is 17.4. The molecule has 2 N–H and O–H groups in total. The van der Waals surface area contributed by atoms with Crippen molar-refractivity contribution in [2.24, 2.45) is 5.73 Å². The number of para-hydroxylation sites is 1. The Labute approximate surface area is 104 Å². The summed E-state index contributed by atoms with van der Waals surface area (Å²) in [6, 6.07) is 4.45. The second-order valence-electron chi connectivity index (χ2n) is 3.74. The van der Waals surface area contributed by atoms with Gasteiger partial charge in [0.25, 0.3) is 0 Å². The molecule has 0 fully saturated rings. The van der Waals surface area contributed by atoms with Gasteiger partial charge in [-0.25, -0.2) is 0 Å². The number of fused-ring (bicyclic) bond motifs is 1. The van der Waals surface area contributed by atoms with Gasteiger partial charge in [0.2, 0.25) is 0 Å². The van der Waals surface area contributed by atoms with Crippen LogP contribution >= 0.6 is 12.4 Å². The first-order chi connectivity index (χ1) is 7.53. The molecule has 1 aromatic carbocycles. The Morgan fingerprint density at radius 2 is 2.06 bits per heavy atom. The highest BCUT2D eigenvalue weighted by molar-refractivity contribution is 5.85. The quantitative estimate of drug-likeness (QED) is 0.913. The number of alkyl halides is 2. The van der Waals surface area contributed by atoms with Crippen molar-refractivity contribution in [3.8, 4) is 11.5 Å². The minimum absolute atomic E-state index is 0. The number of hydrogen-bond acceptors (Lipinski definition) is 3. The lowest BCUT2D eigenvalue weighted by molar-refractivity contribution is -0.287. The van der Waals surface area contributed by atoms with E-state index in [4.69, 9.17) is 5.73 Å². The number of benzene rings is 1. The van der Waals surface area contributed by atoms with E-state index < -0.39 is 6.29 Å². The van der Waals surface area contributed by atoms with Crippen molar-refractivity contribution < 1.29 is 18.3 Å². The van der Waals surface area contributed by atoms with E-state index in [9.17, 15) is 8.78 Å². The minimum atomic E-state index is -3.58. The summed E-state index contributed by atoms with van der Waals surface area (Å²) >= 11 is 0. The molecule has 1 heterocycles. The Balaban J connectivity index is 0.00000144. The lowest BCUT2D eigenvalue weighted by atomic mass is 10.0. The first kappa shape index (κ1) is 14.0. The number of nitrogens with two attached hydrogens (primary N) is 1. The molecule has 0 spiro atoms. The van der Waals surface area contributed by atoms with Gasteiger partial charge in [0.05, 0.1) is 0 Å². The fourth-order valence-electron chi connectivity index (χ4n) is 1.75. The number of ether oxygens (including phenoxy) is 2. The molecular weight excluding hydrogens is 252 g/mol. The SMILES string of the molecule is CCC[C@H](N)c1cccc2c1OC(F)(F)O2.Cl. The summed E-state index contributed by atoms with van der Waals surface area (Å²) in [7, 11) is 0. The molecule has 0 saturated heterocycles. The van der Waals surface area contributed by atoms with E-state index in [1.54, 1.807) is 12.1 Å². The van der Waals surface area contributed by atoms with Gasteiger partial charge in [-0.3, -0.25) is 0 Å². The highest BCUT2D eigenvalue weighted by atomic mass is 35.5. The van der Waals surface area contributed by atoms with Crippen LogP contribution in [0.25, 0.3) is 0 Å². The van der Waals surface area contributed by atoms with Crippen molar-refractivity contribution in [3.05, 3.63) is 23.8 Å². The van der Waals surface area contributed by atoms with E-state index in [0.29, 0.717) is 12.0 Å². The van der Waals surface area contributed by atoms with Crippen molar-refractivity contribution in [3.63, 3.8) is 0 Å². The zero-order valence-electron chi connectivity index (χ0n) is 9.28. The molecule has 0 aliphatic carbocycles. The first-order valence-electron chi connectivity index (χ1n) is 5.18. The maximum Gasteiger partial charge on any atom is 0.586 e. The van der Waals surface area contributed by atoms with Gasteiger partial charge in [-0.15, -0.1) is 21.2 Å². The van der Waals surface area contributed by atoms with Gasteiger partial charge in [0.1, 0.15) is 0 Å². The van der Waals surface area contributed by atoms with Gasteiger partial charge in [-0.2, -0.15) is 0 Å². The number of rotatable bonds is 3. The van der Waals surface area contributed by atoms with Gasteiger partial charge in [-0.1, -0.05) is 25.5 Å². The Morgan fingerprint density at radius 3 is 2.71 bits per heavy atom. The molecule has 3 nitrogen and oxygen atoms in total. The van der Waals surface area contributed by atoms with Crippen LogP contribution in [0.5, 0.6) is 11.5 Å². The summed E-state index contributed by atoms with van der Waals surface area (Å²) in [5.74, 6) is 0.113. The van der Waals surface area contributed by atoms with Crippen LogP contribution in [0.3, 0.4) is 0 Å². The molecule has 0 amide bonds. The van der Waals surface area contributed by atoms with E-state index in [-0.39, 0.29) is 29.9 Å². The maximum absolute atomic E-state index is 12.9. The van der Waals surface area contributed by atoms with E-state index in [1.807, 2.05) is 6.92 Å². The van der Waals surface area contributed by atoms with Crippen molar-refractivity contribution in [1.29, 1.82) is 0 Å². The Hall–Kier alpha value is -1.07. The molecule has 96 valence electrons. The predicted molar refractivity (Wildman–Crippen MR) is 61.7 cm³/mol. The van der Waals surface area contributed by atoms with Crippen LogP contribution in [0.2, 0.25) is 0 Å². The standard InChI is InChI=1S/C11H13F2NO2.ClH/c1-2-4-8(14)7-5-3-6-9-10(7)16-11(12,13)15-9;/h3,5-6,8H,2,4,14H2,1H3;1H/t8-;/m0./s1. The molecule has 0 unspecified atom stereocenters. The second-order valence-corrected chi connectivity index (χ2v) is 3.74. The number of halogens is 3. The zero-order valence-corrected chi connectivity index (χ0v) is 10.1. The molecular formula is C11H14ClF2NO2. The van der Waals surface area contributed by atoms with Crippen molar-refractivity contribution in [2.45, 2.75) is 32.1 Å². The fraction of sp³-hybridized carbons (Fsp3) is 0.455. The van der Waals surface area contributed by atoms with Crippen molar-refractivity contribution in [2.75, 3.05) is 0 Å². The summed E-state index contributed by atoms with van der Waals surface area (Å²) in [6.45, 7) is 1.98. The third kappa shape index (κ3) is 2.79. The summed E-state index contributed by atoms with van der Waals surface area (Å²) < 4.78 is 34.6. The van der Waals surface area contributed by atoms with E-state index >= 15 is 0 Å². The average Bonchev–Trinajstić information content (AvgIpc) is 2.51. The summed E-state index contributed by atoms with van der Waals surface area (Å²) in [5, 5.41) is 0. The highest BCUT2D eigenvalue weighted by Crippen LogP contribution is 2.45. The Kier molecular flexibility index (Phi) is 4.16. The van der Waals surface area contributed by atoms with Crippen LogP contribution in [0.4, 0.5) is 8.78 Å². The maximum atomic E-state index is 12.9. The molecule has 0 radical (unpaired) electrons. The summed E-state index contributed by atoms with van der Waals surface area (Å²) in [5.41, 5.74) is 6.45. The van der Waals surface area contributed by atoms with Gasteiger partial charge < -0.3 is 15.2 Å². The molecule has 17 heavy (non-hydrogen) atoms. The fourth-order valence-corrected chi connectivity index (χ4v) is 1.75. The summed E-state index contributed by atoms with van der Waals surface area (Å²) in [4.78, 5) is 0. The first-order valence-corrected chi connectivity index (χ1v) is 5.18. The smallest absolute Gasteiger partial charge is 0.395 e. The monoisotopic (exact) mass is 265 g/mol. The van der Waals surface area contributed by atoms with E-state index in [1.165, 1.54) is 6.07 Å². The lowest BCUT2D eigenvalue weighted by Crippen LogP contribution is -2.26. The van der Waals surface area contributed by atoms with Gasteiger partial charge in [0.15, 0.2) is 11.5 Å². The zero-order chi connectivity index (χ0) is 11.8. The molecule has 0 aromatic heterocycles. The van der Waals surface area contributed by atoms with Crippen LogP contribution in [-0.2, 0) is 0 Å². The molecule has 1 aliphatic heterocycles. The highest BCUT2D eigenvalue weighted by Gasteiger charge is 2.44. The molecule has 1 aliphatic rings. The molecule has 6 heteroatoms. The Bertz CT molecular complexity index is 401. The molecule has 1 aromatic rings. The third-order valence-electron chi connectivity index (χ3n) is 2.46. The Morgan fingerprint density at radius 1 is 1.35 bits per heavy atom. The van der Waals surface area contributed by atoms with Gasteiger partial charge in [0, 0.05) is 11.6 Å². The molecule has 0 bridgehead atoms. The van der Waals surface area contributed by atoms with Gasteiger partial charge >= 0.3 is 6.29 Å². The summed E-state index contributed by atoms with van der Waals surface area (Å²) in [6.07, 6.45) is -1.99. The third-order valence-corrected chi connectivity index (χ3v) is 2.46. The van der Waals surface area contributed by atoms with Gasteiger partial charge in [-0.05, 0) is 12.5 Å². The minimum Gasteiger partial charge on any atom is -0.395 e. The largest absolute Gasteiger partial charge is 0.586 e. The molecule has 2 rings (SSSR count). The van der Waals surface area contributed by atoms with E-state index in [2.05, 4.69) is 9.47 Å². The van der Waals surface area contributed by atoms with Crippen LogP contribution in [0.1, 0.15) is 31.4 Å². The molecule has 1 atom stereocenters. The van der Waals surface area contributed by atoms with Crippen LogP contribution in [0, 0.1) is 0 Å². The van der Waals surface area contributed by atoms with Crippen LogP contribution < -0.4 is 15.2 Å². The van der Waals surface area contributed by atoms with Crippen molar-refractivity contribution >= 4 is 12.4 Å². The van der Waals surface area contributed by atoms with E-state index in [0.717, 1.165) is 6.42 Å². The van der Waals surface area contributed by atoms with Crippen LogP contribution in [-0.4, -0.2) is 6.29 Å². The topological polar surface area (TPSA) is 44.5 Å².